The Morgan fingerprint density at radius 1 is 1.22 bits per heavy atom. The molecular formula is C14H15N3O. The van der Waals surface area contributed by atoms with Crippen LogP contribution in [0.2, 0.25) is 0 Å². The molecule has 1 aromatic carbocycles. The highest BCUT2D eigenvalue weighted by Gasteiger charge is 2.19. The third kappa shape index (κ3) is 1.84. The third-order valence-corrected chi connectivity index (χ3v) is 3.41. The Balaban J connectivity index is 1.97. The van der Waals surface area contributed by atoms with Crippen LogP contribution in [0.1, 0.15) is 23.6 Å². The van der Waals surface area contributed by atoms with Crippen molar-refractivity contribution in [2.24, 2.45) is 5.73 Å². The molecule has 1 atom stereocenters. The van der Waals surface area contributed by atoms with Crippen LogP contribution in [0.3, 0.4) is 0 Å². The maximum atomic E-state index is 6.03. The molecule has 1 unspecified atom stereocenters. The zero-order chi connectivity index (χ0) is 12.5. The molecule has 92 valence electrons. The smallest absolute Gasteiger partial charge is 0.316 e. The van der Waals surface area contributed by atoms with Gasteiger partial charge in [-0.05, 0) is 29.5 Å². The minimum Gasteiger partial charge on any atom is -0.467 e. The minimum atomic E-state index is 0.196. The summed E-state index contributed by atoms with van der Waals surface area (Å²) in [6.45, 7) is 0. The van der Waals surface area contributed by atoms with Crippen molar-refractivity contribution in [3.8, 4) is 17.1 Å². The van der Waals surface area contributed by atoms with Gasteiger partial charge in [-0.15, -0.1) is 0 Å². The zero-order valence-electron chi connectivity index (χ0n) is 10.3. The Hall–Kier alpha value is -1.94. The number of hydrogen-bond donors (Lipinski definition) is 1. The molecule has 0 amide bonds. The predicted octanol–water partition coefficient (Wildman–Crippen LogP) is 2.10. The Kier molecular flexibility index (Phi) is 2.72. The van der Waals surface area contributed by atoms with E-state index >= 15 is 0 Å². The quantitative estimate of drug-likeness (QED) is 0.874. The first kappa shape index (κ1) is 11.2. The highest BCUT2D eigenvalue weighted by molar-refractivity contribution is 5.64. The normalized spacial score (nSPS) is 17.6. The standard InChI is InChI=1S/C14H15N3O/c1-18-14-16-7-11(8-17-14)9-2-4-12-10(6-9)3-5-13(12)15/h2,4,6-8,13H,3,5,15H2,1H3. The van der Waals surface area contributed by atoms with E-state index in [2.05, 4.69) is 28.2 Å². The molecule has 4 heteroatoms. The predicted molar refractivity (Wildman–Crippen MR) is 69.3 cm³/mol. The fraction of sp³-hybridized carbons (Fsp3) is 0.286. The number of methoxy groups -OCH3 is 1. The number of benzene rings is 1. The van der Waals surface area contributed by atoms with Crippen LogP contribution in [0.25, 0.3) is 11.1 Å². The van der Waals surface area contributed by atoms with Gasteiger partial charge in [0.05, 0.1) is 7.11 Å². The number of nitrogens with two attached hydrogens (primary N) is 1. The monoisotopic (exact) mass is 241 g/mol. The molecule has 0 radical (unpaired) electrons. The molecule has 1 aliphatic rings. The number of hydrogen-bond acceptors (Lipinski definition) is 4. The van der Waals surface area contributed by atoms with Crippen LogP contribution < -0.4 is 10.5 Å². The van der Waals surface area contributed by atoms with Crippen molar-refractivity contribution in [3.05, 3.63) is 41.7 Å². The van der Waals surface area contributed by atoms with E-state index in [0.717, 1.165) is 24.0 Å². The summed E-state index contributed by atoms with van der Waals surface area (Å²) in [5.74, 6) is 0. The molecular weight excluding hydrogens is 226 g/mol. The van der Waals surface area contributed by atoms with E-state index in [4.69, 9.17) is 10.5 Å². The second-order valence-electron chi connectivity index (χ2n) is 4.52. The van der Waals surface area contributed by atoms with E-state index in [1.54, 1.807) is 19.5 Å². The van der Waals surface area contributed by atoms with Gasteiger partial charge in [0.2, 0.25) is 0 Å². The lowest BCUT2D eigenvalue weighted by Crippen LogP contribution is -2.04. The number of fused-ring (bicyclic) bond motifs is 1. The summed E-state index contributed by atoms with van der Waals surface area (Å²) < 4.78 is 4.95. The summed E-state index contributed by atoms with van der Waals surface area (Å²) in [4.78, 5) is 8.25. The molecule has 1 aliphatic carbocycles. The van der Waals surface area contributed by atoms with E-state index in [0.29, 0.717) is 6.01 Å². The summed E-state index contributed by atoms with van der Waals surface area (Å²) in [5.41, 5.74) is 10.8. The Labute approximate surface area is 106 Å². The van der Waals surface area contributed by atoms with Gasteiger partial charge in [0.25, 0.3) is 0 Å². The van der Waals surface area contributed by atoms with E-state index < -0.39 is 0 Å². The molecule has 4 nitrogen and oxygen atoms in total. The van der Waals surface area contributed by atoms with Crippen molar-refractivity contribution >= 4 is 0 Å². The van der Waals surface area contributed by atoms with Crippen molar-refractivity contribution < 1.29 is 4.74 Å². The molecule has 0 saturated heterocycles. The molecule has 0 fully saturated rings. The van der Waals surface area contributed by atoms with Gasteiger partial charge in [-0.1, -0.05) is 18.2 Å². The summed E-state index contributed by atoms with van der Waals surface area (Å²) in [5, 5.41) is 0. The van der Waals surface area contributed by atoms with Crippen molar-refractivity contribution in [3.63, 3.8) is 0 Å². The third-order valence-electron chi connectivity index (χ3n) is 3.41. The van der Waals surface area contributed by atoms with Crippen molar-refractivity contribution in [1.82, 2.24) is 9.97 Å². The van der Waals surface area contributed by atoms with Crippen LogP contribution in [0.4, 0.5) is 0 Å². The molecule has 1 aromatic heterocycles. The SMILES string of the molecule is COc1ncc(-c2ccc3c(c2)CCC3N)cn1. The summed E-state index contributed by atoms with van der Waals surface area (Å²) in [6.07, 6.45) is 5.66. The number of rotatable bonds is 2. The van der Waals surface area contributed by atoms with Crippen LogP contribution in [0.15, 0.2) is 30.6 Å². The zero-order valence-corrected chi connectivity index (χ0v) is 10.3. The molecule has 0 aliphatic heterocycles. The lowest BCUT2D eigenvalue weighted by atomic mass is 10.0. The van der Waals surface area contributed by atoms with Gasteiger partial charge < -0.3 is 10.5 Å². The molecule has 0 bridgehead atoms. The molecule has 1 heterocycles. The van der Waals surface area contributed by atoms with Gasteiger partial charge in [0.15, 0.2) is 0 Å². The molecule has 2 N–H and O–H groups in total. The van der Waals surface area contributed by atoms with Crippen molar-refractivity contribution in [2.45, 2.75) is 18.9 Å². The minimum absolute atomic E-state index is 0.196. The second kappa shape index (κ2) is 4.38. The number of nitrogens with zero attached hydrogens (tertiary/aromatic N) is 2. The summed E-state index contributed by atoms with van der Waals surface area (Å²) >= 11 is 0. The van der Waals surface area contributed by atoms with E-state index in [-0.39, 0.29) is 6.04 Å². The summed E-state index contributed by atoms with van der Waals surface area (Å²) in [7, 11) is 1.56. The summed E-state index contributed by atoms with van der Waals surface area (Å²) in [6, 6.07) is 6.97. The molecule has 3 rings (SSSR count). The fourth-order valence-electron chi connectivity index (χ4n) is 2.40. The first-order valence-corrected chi connectivity index (χ1v) is 6.03. The highest BCUT2D eigenvalue weighted by atomic mass is 16.5. The van der Waals surface area contributed by atoms with E-state index in [1.165, 1.54) is 11.1 Å². The Morgan fingerprint density at radius 2 is 2.00 bits per heavy atom. The van der Waals surface area contributed by atoms with Gasteiger partial charge in [-0.3, -0.25) is 0 Å². The Bertz CT molecular complexity index is 566. The fourth-order valence-corrected chi connectivity index (χ4v) is 2.40. The Morgan fingerprint density at radius 3 is 2.72 bits per heavy atom. The lowest BCUT2D eigenvalue weighted by molar-refractivity contribution is 0.380. The van der Waals surface area contributed by atoms with Crippen LogP contribution in [0, 0.1) is 0 Å². The topological polar surface area (TPSA) is 61.0 Å². The first-order chi connectivity index (χ1) is 8.78. The van der Waals surface area contributed by atoms with Crippen LogP contribution in [0.5, 0.6) is 6.01 Å². The van der Waals surface area contributed by atoms with Crippen LogP contribution in [-0.2, 0) is 6.42 Å². The molecule has 0 saturated carbocycles. The van der Waals surface area contributed by atoms with Crippen LogP contribution in [-0.4, -0.2) is 17.1 Å². The highest BCUT2D eigenvalue weighted by Crippen LogP contribution is 2.32. The average Bonchev–Trinajstić information content (AvgIpc) is 2.80. The first-order valence-electron chi connectivity index (χ1n) is 6.03. The molecule has 18 heavy (non-hydrogen) atoms. The number of aromatic nitrogens is 2. The van der Waals surface area contributed by atoms with E-state index in [1.807, 2.05) is 0 Å². The maximum Gasteiger partial charge on any atom is 0.316 e. The number of aryl methyl sites for hydroxylation is 1. The largest absolute Gasteiger partial charge is 0.467 e. The second-order valence-corrected chi connectivity index (χ2v) is 4.52. The number of ether oxygens (including phenoxy) is 1. The van der Waals surface area contributed by atoms with Crippen LogP contribution >= 0.6 is 0 Å². The maximum absolute atomic E-state index is 6.03. The van der Waals surface area contributed by atoms with Crippen molar-refractivity contribution in [1.29, 1.82) is 0 Å². The lowest BCUT2D eigenvalue weighted by Gasteiger charge is -2.07. The van der Waals surface area contributed by atoms with Gasteiger partial charge in [0, 0.05) is 24.0 Å². The molecule has 2 aromatic rings. The van der Waals surface area contributed by atoms with Gasteiger partial charge in [-0.25, -0.2) is 9.97 Å². The van der Waals surface area contributed by atoms with E-state index in [9.17, 15) is 0 Å². The van der Waals surface area contributed by atoms with Gasteiger partial charge in [-0.2, -0.15) is 0 Å². The van der Waals surface area contributed by atoms with Gasteiger partial charge in [0.1, 0.15) is 0 Å². The molecule has 0 spiro atoms. The average molecular weight is 241 g/mol. The van der Waals surface area contributed by atoms with Gasteiger partial charge >= 0.3 is 6.01 Å². The van der Waals surface area contributed by atoms with Crippen molar-refractivity contribution in [2.75, 3.05) is 7.11 Å².